The van der Waals surface area contributed by atoms with Gasteiger partial charge in [0.15, 0.2) is 0 Å². The predicted molar refractivity (Wildman–Crippen MR) is 188 cm³/mol. The molecular weight excluding hydrogens is 702 g/mol. The lowest BCUT2D eigenvalue weighted by molar-refractivity contribution is -0.142. The molecule has 0 bridgehead atoms. The molecule has 8 N–H and O–H groups in total. The summed E-state index contributed by atoms with van der Waals surface area (Å²) >= 11 is 0. The summed E-state index contributed by atoms with van der Waals surface area (Å²) in [5.41, 5.74) is -1.86. The van der Waals surface area contributed by atoms with Gasteiger partial charge in [-0.3, -0.25) is 43.6 Å². The van der Waals surface area contributed by atoms with Crippen molar-refractivity contribution in [3.8, 4) is 0 Å². The second kappa shape index (κ2) is 22.6. The van der Waals surface area contributed by atoms with Crippen LogP contribution in [0.1, 0.15) is 59.8 Å². The maximum atomic E-state index is 13.7. The van der Waals surface area contributed by atoms with Gasteiger partial charge in [0.25, 0.3) is 0 Å². The summed E-state index contributed by atoms with van der Waals surface area (Å²) in [5.74, 6) is -6.06. The summed E-state index contributed by atoms with van der Waals surface area (Å²) in [6.45, 7) is 9.02. The fraction of sp³-hybridized carbons (Fsp3) is 0.758. The van der Waals surface area contributed by atoms with Crippen molar-refractivity contribution >= 4 is 48.1 Å². The summed E-state index contributed by atoms with van der Waals surface area (Å²) in [6, 6.07) is -3.34. The van der Waals surface area contributed by atoms with Crippen molar-refractivity contribution in [2.75, 3.05) is 78.5 Å². The zero-order valence-electron chi connectivity index (χ0n) is 31.0. The zero-order chi connectivity index (χ0) is 40.4. The maximum Gasteiger partial charge on any atom is 0.326 e. The number of hydrogen-bond donors (Lipinski definition) is 8. The van der Waals surface area contributed by atoms with Crippen LogP contribution in [0.3, 0.4) is 0 Å². The van der Waals surface area contributed by atoms with Gasteiger partial charge in [-0.05, 0) is 53.4 Å². The third-order valence-electron chi connectivity index (χ3n) is 9.76. The topological polar surface area (TPSA) is 287 Å². The summed E-state index contributed by atoms with van der Waals surface area (Å²) in [7, 11) is 0. The first-order chi connectivity index (χ1) is 24.7. The van der Waals surface area contributed by atoms with Crippen molar-refractivity contribution in [3.05, 3.63) is 0 Å². The average molecular weight is 760 g/mol. The van der Waals surface area contributed by atoms with Gasteiger partial charge < -0.3 is 46.3 Å². The molecule has 0 spiro atoms. The van der Waals surface area contributed by atoms with E-state index in [4.69, 9.17) is 5.11 Å². The first-order valence-corrected chi connectivity index (χ1v) is 17.5. The van der Waals surface area contributed by atoms with Crippen LogP contribution in [0.15, 0.2) is 0 Å². The fourth-order valence-corrected chi connectivity index (χ4v) is 5.80. The molecule has 53 heavy (non-hydrogen) atoms. The minimum atomic E-state index is -1.45. The van der Waals surface area contributed by atoms with Crippen LogP contribution in [0.5, 0.6) is 0 Å². The van der Waals surface area contributed by atoms with E-state index in [1.807, 2.05) is 18.7 Å². The number of aliphatic carboxylic acids is 5. The van der Waals surface area contributed by atoms with Crippen LogP contribution in [0.2, 0.25) is 0 Å². The molecule has 0 aromatic carbocycles. The molecule has 1 heterocycles. The number of rotatable bonds is 21. The number of carboxylic acids is 5. The lowest BCUT2D eigenvalue weighted by Gasteiger charge is -2.49. The number of carbonyl (C=O) groups is 8. The summed E-state index contributed by atoms with van der Waals surface area (Å²) in [4.78, 5) is 101. The highest BCUT2D eigenvalue weighted by molar-refractivity contribution is 5.84. The van der Waals surface area contributed by atoms with E-state index in [2.05, 4.69) is 16.0 Å². The third kappa shape index (κ3) is 17.3. The van der Waals surface area contributed by atoms with Gasteiger partial charge in [0.1, 0.15) is 12.3 Å². The van der Waals surface area contributed by atoms with E-state index in [0.717, 1.165) is 0 Å². The van der Waals surface area contributed by atoms with Gasteiger partial charge in [-0.2, -0.15) is 0 Å². The van der Waals surface area contributed by atoms with E-state index in [0.29, 0.717) is 32.2 Å². The maximum absolute atomic E-state index is 13.7. The number of amides is 3. The Morgan fingerprint density at radius 2 is 1.09 bits per heavy atom. The SMILES string of the molecule is CC(C)(C(=O)NCCCC[C@@H](C=O)NC(=O)N[C@@H](CCC(=O)O)C(=O)O)C(C)(C)N1CCN(CC(=O)O)CCN(CC(=O)O)CCN(CC(=O)O)CC1. The molecular formula is C33H57N7O13. The highest BCUT2D eigenvalue weighted by Crippen LogP contribution is 2.36. The van der Waals surface area contributed by atoms with Gasteiger partial charge in [-0.25, -0.2) is 9.59 Å². The Balaban J connectivity index is 2.93. The van der Waals surface area contributed by atoms with Crippen LogP contribution < -0.4 is 16.0 Å². The number of unbranched alkanes of at least 4 members (excludes halogenated alkanes) is 1. The Morgan fingerprint density at radius 3 is 1.49 bits per heavy atom. The first-order valence-electron chi connectivity index (χ1n) is 17.5. The molecule has 1 aliphatic heterocycles. The predicted octanol–water partition coefficient (Wildman–Crippen LogP) is -1.26. The van der Waals surface area contributed by atoms with Crippen molar-refractivity contribution < 1.29 is 63.9 Å². The van der Waals surface area contributed by atoms with Crippen LogP contribution in [-0.4, -0.2) is 189 Å². The molecule has 1 aliphatic rings. The van der Waals surface area contributed by atoms with E-state index in [9.17, 15) is 58.8 Å². The number of urea groups is 1. The van der Waals surface area contributed by atoms with Crippen LogP contribution in [0.4, 0.5) is 4.79 Å². The monoisotopic (exact) mass is 759 g/mol. The molecule has 0 aliphatic carbocycles. The Morgan fingerprint density at radius 1 is 0.642 bits per heavy atom. The Kier molecular flexibility index (Phi) is 19.9. The van der Waals surface area contributed by atoms with Gasteiger partial charge >= 0.3 is 35.9 Å². The summed E-state index contributed by atoms with van der Waals surface area (Å²) in [5, 5.41) is 53.9. The van der Waals surface area contributed by atoms with Crippen LogP contribution in [0, 0.1) is 5.41 Å². The minimum absolute atomic E-state index is 0.191. The largest absolute Gasteiger partial charge is 0.481 e. The molecule has 1 rings (SSSR count). The van der Waals surface area contributed by atoms with Crippen LogP contribution in [0.25, 0.3) is 0 Å². The second-order valence-corrected chi connectivity index (χ2v) is 14.1. The van der Waals surface area contributed by atoms with Crippen molar-refractivity contribution in [3.63, 3.8) is 0 Å². The second-order valence-electron chi connectivity index (χ2n) is 14.1. The number of carboxylic acid groups (broad SMARTS) is 5. The molecule has 0 aromatic heterocycles. The Labute approximate surface area is 308 Å². The highest BCUT2D eigenvalue weighted by Gasteiger charge is 2.46. The zero-order valence-corrected chi connectivity index (χ0v) is 31.0. The molecule has 3 amide bonds. The normalized spacial score (nSPS) is 17.3. The average Bonchev–Trinajstić information content (AvgIpc) is 3.04. The number of nitrogens with one attached hydrogen (secondary N) is 3. The van der Waals surface area contributed by atoms with E-state index < -0.39 is 65.3 Å². The quantitative estimate of drug-likeness (QED) is 0.0500. The molecule has 20 nitrogen and oxygen atoms in total. The molecule has 302 valence electrons. The number of carbonyl (C=O) groups excluding carboxylic acids is 3. The van der Waals surface area contributed by atoms with E-state index in [1.165, 1.54) is 0 Å². The molecule has 0 unspecified atom stereocenters. The summed E-state index contributed by atoms with van der Waals surface area (Å²) < 4.78 is 0. The smallest absolute Gasteiger partial charge is 0.326 e. The van der Waals surface area contributed by atoms with Crippen LogP contribution in [-0.2, 0) is 33.6 Å². The molecule has 20 heteroatoms. The Hall–Kier alpha value is -4.40. The van der Waals surface area contributed by atoms with E-state index in [1.54, 1.807) is 28.5 Å². The first kappa shape index (κ1) is 46.6. The van der Waals surface area contributed by atoms with E-state index >= 15 is 0 Å². The van der Waals surface area contributed by atoms with Crippen LogP contribution >= 0.6 is 0 Å². The van der Waals surface area contributed by atoms with Gasteiger partial charge in [0, 0.05) is 70.9 Å². The van der Waals surface area contributed by atoms with Crippen molar-refractivity contribution in [1.82, 2.24) is 35.6 Å². The summed E-state index contributed by atoms with van der Waals surface area (Å²) in [6.07, 6.45) is 0.716. The van der Waals surface area contributed by atoms with Crippen molar-refractivity contribution in [1.29, 1.82) is 0 Å². The Bertz CT molecular complexity index is 1250. The van der Waals surface area contributed by atoms with E-state index in [-0.39, 0.29) is 84.2 Å². The van der Waals surface area contributed by atoms with Gasteiger partial charge in [0.2, 0.25) is 5.91 Å². The molecule has 0 aromatic rings. The molecule has 1 saturated heterocycles. The van der Waals surface area contributed by atoms with Gasteiger partial charge in [0.05, 0.1) is 31.1 Å². The van der Waals surface area contributed by atoms with Gasteiger partial charge in [-0.15, -0.1) is 0 Å². The third-order valence-corrected chi connectivity index (χ3v) is 9.76. The number of nitrogens with zero attached hydrogens (tertiary/aromatic N) is 4. The number of aldehydes is 1. The highest BCUT2D eigenvalue weighted by atomic mass is 16.4. The lowest BCUT2D eigenvalue weighted by Crippen LogP contribution is -2.62. The minimum Gasteiger partial charge on any atom is -0.481 e. The molecule has 0 saturated carbocycles. The molecule has 0 radical (unpaired) electrons. The van der Waals surface area contributed by atoms with Gasteiger partial charge in [-0.1, -0.05) is 0 Å². The molecule has 1 fully saturated rings. The molecule has 2 atom stereocenters. The lowest BCUT2D eigenvalue weighted by atomic mass is 9.72. The van der Waals surface area contributed by atoms with Crippen molar-refractivity contribution in [2.24, 2.45) is 5.41 Å². The fourth-order valence-electron chi connectivity index (χ4n) is 5.80. The standard InChI is InChI=1S/C33H57N7O13/c1-32(2,30(52)34-10-6-5-7-23(22-41)35-31(53)36-24(29(50)51)8-9-25(42)43)33(3,4)40-17-15-38(20-27(46)47)13-11-37(19-26(44)45)12-14-39(16-18-40)21-28(48)49/h22-24H,5-21H2,1-4H3,(H,34,52)(H,42,43)(H,44,45)(H,46,47)(H,48,49)(H,50,51)(H2,35,36,53)/t23-,24-/m0/s1. The number of hydrogen-bond acceptors (Lipinski definition) is 12. The van der Waals surface area contributed by atoms with Crippen molar-refractivity contribution in [2.45, 2.75) is 77.4 Å².